The minimum atomic E-state index is -0.0280. The lowest BCUT2D eigenvalue weighted by atomic mass is 9.73. The first-order chi connectivity index (χ1) is 12.2. The summed E-state index contributed by atoms with van der Waals surface area (Å²) in [5, 5.41) is 6.35. The third kappa shape index (κ3) is 5.34. The lowest BCUT2D eigenvalue weighted by Gasteiger charge is -2.33. The molecule has 1 amide bonds. The smallest absolute Gasteiger partial charge is 0.251 e. The first kappa shape index (κ1) is 21.0. The molecule has 1 spiro atoms. The number of likely N-dealkylation sites (tertiary alicyclic amines) is 1. The van der Waals surface area contributed by atoms with Gasteiger partial charge in [-0.25, -0.2) is 0 Å². The maximum atomic E-state index is 12.0. The van der Waals surface area contributed by atoms with Crippen LogP contribution in [0, 0.1) is 5.41 Å². The second-order valence-corrected chi connectivity index (χ2v) is 7.33. The zero-order chi connectivity index (χ0) is 17.5. The molecule has 0 unspecified atom stereocenters. The van der Waals surface area contributed by atoms with Crippen molar-refractivity contribution < 1.29 is 4.79 Å². The fourth-order valence-corrected chi connectivity index (χ4v) is 4.20. The van der Waals surface area contributed by atoms with Crippen LogP contribution in [-0.2, 0) is 0 Å². The largest absolute Gasteiger partial charge is 0.354 e. The molecule has 2 aliphatic rings. The van der Waals surface area contributed by atoms with Crippen LogP contribution in [0.25, 0.3) is 0 Å². The Morgan fingerprint density at radius 3 is 2.46 bits per heavy atom. The molecule has 1 aliphatic carbocycles. The second kappa shape index (κ2) is 10.1. The summed E-state index contributed by atoms with van der Waals surface area (Å²) in [7, 11) is 1.84. The van der Waals surface area contributed by atoms with Crippen molar-refractivity contribution in [3.8, 4) is 0 Å². The second-order valence-electron chi connectivity index (χ2n) is 7.33. The molecule has 1 aromatic rings. The van der Waals surface area contributed by atoms with Crippen molar-refractivity contribution in [2.24, 2.45) is 10.4 Å². The van der Waals surface area contributed by atoms with E-state index in [1.54, 1.807) is 0 Å². The van der Waals surface area contributed by atoms with E-state index in [-0.39, 0.29) is 29.9 Å². The Bertz CT molecular complexity index is 599. The van der Waals surface area contributed by atoms with Crippen molar-refractivity contribution in [2.45, 2.75) is 38.5 Å². The highest BCUT2D eigenvalue weighted by Gasteiger charge is 2.39. The third-order valence-corrected chi connectivity index (χ3v) is 5.59. The maximum Gasteiger partial charge on any atom is 0.251 e. The van der Waals surface area contributed by atoms with E-state index in [1.807, 2.05) is 37.4 Å². The fraction of sp³-hybridized carbons (Fsp3) is 0.600. The number of carbonyl (C=O) groups excluding carboxylic acids is 1. The minimum absolute atomic E-state index is 0. The lowest BCUT2D eigenvalue weighted by molar-refractivity contribution is 0.0954. The zero-order valence-corrected chi connectivity index (χ0v) is 18.0. The molecule has 0 atom stereocenters. The predicted octanol–water partition coefficient (Wildman–Crippen LogP) is 3.27. The number of nitrogens with one attached hydrogen (secondary N) is 2. The van der Waals surface area contributed by atoms with E-state index in [9.17, 15) is 4.79 Å². The van der Waals surface area contributed by atoms with Gasteiger partial charge in [0.1, 0.15) is 0 Å². The summed E-state index contributed by atoms with van der Waals surface area (Å²) < 4.78 is 0. The summed E-state index contributed by atoms with van der Waals surface area (Å²) in [6.07, 6.45) is 8.19. The Kier molecular flexibility index (Phi) is 8.18. The average Bonchev–Trinajstić information content (AvgIpc) is 3.06. The molecule has 2 fully saturated rings. The van der Waals surface area contributed by atoms with E-state index in [0.717, 1.165) is 19.0 Å². The van der Waals surface area contributed by atoms with E-state index in [1.165, 1.54) is 38.5 Å². The Morgan fingerprint density at radius 1 is 1.08 bits per heavy atom. The Hall–Kier alpha value is -1.31. The van der Waals surface area contributed by atoms with Crippen LogP contribution in [0.2, 0.25) is 0 Å². The number of carbonyl (C=O) groups is 1. The molecule has 1 heterocycles. The minimum Gasteiger partial charge on any atom is -0.354 e. The van der Waals surface area contributed by atoms with Gasteiger partial charge in [-0.2, -0.15) is 0 Å². The molecule has 0 aromatic heterocycles. The van der Waals surface area contributed by atoms with E-state index in [4.69, 9.17) is 0 Å². The molecular formula is C20H31IN4O. The molecule has 2 N–H and O–H groups in total. The number of amides is 1. The monoisotopic (exact) mass is 470 g/mol. The van der Waals surface area contributed by atoms with Gasteiger partial charge in [0.25, 0.3) is 5.91 Å². The molecule has 3 rings (SSSR count). The van der Waals surface area contributed by atoms with Gasteiger partial charge in [0.2, 0.25) is 0 Å². The number of halogens is 1. The van der Waals surface area contributed by atoms with Gasteiger partial charge in [0.15, 0.2) is 5.96 Å². The number of hydrogen-bond acceptors (Lipinski definition) is 2. The summed E-state index contributed by atoms with van der Waals surface area (Å²) in [5.74, 6) is 0.941. The van der Waals surface area contributed by atoms with Crippen LogP contribution in [0.4, 0.5) is 0 Å². The van der Waals surface area contributed by atoms with E-state index >= 15 is 0 Å². The van der Waals surface area contributed by atoms with Crippen LogP contribution in [0.5, 0.6) is 0 Å². The predicted molar refractivity (Wildman–Crippen MR) is 117 cm³/mol. The summed E-state index contributed by atoms with van der Waals surface area (Å²) in [5.41, 5.74) is 1.22. The molecule has 144 valence electrons. The molecule has 26 heavy (non-hydrogen) atoms. The highest BCUT2D eigenvalue weighted by molar-refractivity contribution is 14.0. The molecule has 0 radical (unpaired) electrons. The Morgan fingerprint density at radius 2 is 1.77 bits per heavy atom. The van der Waals surface area contributed by atoms with Gasteiger partial charge in [0, 0.05) is 38.8 Å². The Balaban J connectivity index is 0.00000243. The molecule has 1 saturated carbocycles. The summed E-state index contributed by atoms with van der Waals surface area (Å²) in [6, 6.07) is 9.33. The molecule has 0 bridgehead atoms. The number of hydrogen-bond donors (Lipinski definition) is 2. The van der Waals surface area contributed by atoms with Crippen LogP contribution >= 0.6 is 24.0 Å². The van der Waals surface area contributed by atoms with E-state index < -0.39 is 0 Å². The van der Waals surface area contributed by atoms with Gasteiger partial charge in [-0.3, -0.25) is 9.79 Å². The molecule has 5 nitrogen and oxygen atoms in total. The van der Waals surface area contributed by atoms with Gasteiger partial charge in [-0.15, -0.1) is 24.0 Å². The normalized spacial score (nSPS) is 19.1. The van der Waals surface area contributed by atoms with Crippen LogP contribution in [0.15, 0.2) is 35.3 Å². The zero-order valence-electron chi connectivity index (χ0n) is 15.7. The van der Waals surface area contributed by atoms with Crippen molar-refractivity contribution in [2.75, 3.05) is 33.2 Å². The molecule has 1 aromatic carbocycles. The average molecular weight is 470 g/mol. The van der Waals surface area contributed by atoms with Crippen LogP contribution < -0.4 is 10.6 Å². The quantitative estimate of drug-likeness (QED) is 0.308. The standard InChI is InChI=1S/C20H30N4O.HI/c1-21-19(24-15-12-20(16-24)10-6-3-7-11-20)23-14-13-22-18(25)17-8-4-2-5-9-17;/h2,4-5,8-9H,3,6-7,10-16H2,1H3,(H,21,23)(H,22,25);1H. The first-order valence-electron chi connectivity index (χ1n) is 9.51. The fourth-order valence-electron chi connectivity index (χ4n) is 4.20. The van der Waals surface area contributed by atoms with Gasteiger partial charge in [-0.05, 0) is 36.8 Å². The molecular weight excluding hydrogens is 439 g/mol. The van der Waals surface area contributed by atoms with Crippen molar-refractivity contribution in [1.82, 2.24) is 15.5 Å². The highest BCUT2D eigenvalue weighted by atomic mass is 127. The van der Waals surface area contributed by atoms with Crippen LogP contribution in [0.3, 0.4) is 0 Å². The number of rotatable bonds is 4. The highest BCUT2D eigenvalue weighted by Crippen LogP contribution is 2.43. The van der Waals surface area contributed by atoms with Crippen LogP contribution in [0.1, 0.15) is 48.9 Å². The number of nitrogens with zero attached hydrogens (tertiary/aromatic N) is 2. The summed E-state index contributed by atoms with van der Waals surface area (Å²) >= 11 is 0. The first-order valence-corrected chi connectivity index (χ1v) is 9.51. The summed E-state index contributed by atoms with van der Waals surface area (Å²) in [6.45, 7) is 3.50. The summed E-state index contributed by atoms with van der Waals surface area (Å²) in [4.78, 5) is 18.9. The van der Waals surface area contributed by atoms with Crippen LogP contribution in [-0.4, -0.2) is 50.0 Å². The van der Waals surface area contributed by atoms with Gasteiger partial charge >= 0.3 is 0 Å². The van der Waals surface area contributed by atoms with Crippen molar-refractivity contribution in [1.29, 1.82) is 0 Å². The van der Waals surface area contributed by atoms with Crippen molar-refractivity contribution in [3.05, 3.63) is 35.9 Å². The number of guanidine groups is 1. The van der Waals surface area contributed by atoms with Crippen molar-refractivity contribution in [3.63, 3.8) is 0 Å². The number of aliphatic imine (C=N–C) groups is 1. The van der Waals surface area contributed by atoms with Gasteiger partial charge in [-0.1, -0.05) is 37.5 Å². The number of benzene rings is 1. The van der Waals surface area contributed by atoms with Gasteiger partial charge < -0.3 is 15.5 Å². The topological polar surface area (TPSA) is 56.7 Å². The SMILES string of the molecule is CN=C(NCCNC(=O)c1ccccc1)N1CCC2(CCCCC2)C1.I. The molecule has 6 heteroatoms. The van der Waals surface area contributed by atoms with E-state index in [0.29, 0.717) is 24.1 Å². The Labute approximate surface area is 174 Å². The molecule has 1 saturated heterocycles. The van der Waals surface area contributed by atoms with E-state index in [2.05, 4.69) is 20.5 Å². The van der Waals surface area contributed by atoms with Crippen molar-refractivity contribution >= 4 is 35.8 Å². The molecule has 1 aliphatic heterocycles. The lowest BCUT2D eigenvalue weighted by Crippen LogP contribution is -2.44. The van der Waals surface area contributed by atoms with Gasteiger partial charge in [0.05, 0.1) is 0 Å². The maximum absolute atomic E-state index is 12.0. The third-order valence-electron chi connectivity index (χ3n) is 5.59.